The maximum atomic E-state index is 12.6. The molecular weight excluding hydrogens is 241 g/mol. The maximum Gasteiger partial charge on any atom is 0.123 e. The van der Waals surface area contributed by atoms with Gasteiger partial charge in [0, 0.05) is 28.2 Å². The van der Waals surface area contributed by atoms with E-state index in [1.807, 2.05) is 23.9 Å². The Morgan fingerprint density at radius 2 is 1.94 bits per heavy atom. The third kappa shape index (κ3) is 5.77. The van der Waals surface area contributed by atoms with Crippen molar-refractivity contribution >= 4 is 23.5 Å². The smallest absolute Gasteiger partial charge is 0.123 e. The summed E-state index contributed by atoms with van der Waals surface area (Å²) in [4.78, 5) is 1.13. The lowest BCUT2D eigenvalue weighted by Crippen LogP contribution is -2.21. The molecule has 0 amide bonds. The second kappa shape index (κ2) is 7.98. The van der Waals surface area contributed by atoms with Gasteiger partial charge >= 0.3 is 0 Å². The van der Waals surface area contributed by atoms with Gasteiger partial charge in [0.25, 0.3) is 0 Å². The fourth-order valence-corrected chi connectivity index (χ4v) is 3.18. The van der Waals surface area contributed by atoms with Crippen molar-refractivity contribution in [1.82, 2.24) is 0 Å². The summed E-state index contributed by atoms with van der Waals surface area (Å²) in [5.41, 5.74) is 5.81. The molecule has 0 aliphatic heterocycles. The fourth-order valence-electron chi connectivity index (χ4n) is 1.10. The Hall–Kier alpha value is -0.190. The van der Waals surface area contributed by atoms with E-state index in [9.17, 15) is 4.39 Å². The Labute approximate surface area is 105 Å². The van der Waals surface area contributed by atoms with Crippen LogP contribution in [-0.4, -0.2) is 23.3 Å². The first kappa shape index (κ1) is 13.9. The second-order valence-electron chi connectivity index (χ2n) is 3.55. The van der Waals surface area contributed by atoms with E-state index in [1.165, 1.54) is 12.1 Å². The van der Waals surface area contributed by atoms with Crippen LogP contribution in [0.2, 0.25) is 0 Å². The van der Waals surface area contributed by atoms with Crippen LogP contribution in [0.1, 0.15) is 13.3 Å². The van der Waals surface area contributed by atoms with Gasteiger partial charge in [0.1, 0.15) is 5.82 Å². The monoisotopic (exact) mass is 259 g/mol. The lowest BCUT2D eigenvalue weighted by atomic mass is 10.3. The van der Waals surface area contributed by atoms with Gasteiger partial charge in [0.05, 0.1) is 0 Å². The van der Waals surface area contributed by atoms with Crippen LogP contribution in [0.4, 0.5) is 4.39 Å². The maximum absolute atomic E-state index is 12.6. The van der Waals surface area contributed by atoms with E-state index in [4.69, 9.17) is 5.73 Å². The third-order valence-corrected chi connectivity index (χ3v) is 4.60. The van der Waals surface area contributed by atoms with Crippen LogP contribution >= 0.6 is 23.5 Å². The molecule has 1 unspecified atom stereocenters. The third-order valence-electron chi connectivity index (χ3n) is 2.17. The number of nitrogens with two attached hydrogens (primary N) is 1. The molecule has 0 radical (unpaired) electrons. The lowest BCUT2D eigenvalue weighted by molar-refractivity contribution is 0.626. The Morgan fingerprint density at radius 3 is 2.56 bits per heavy atom. The Bertz CT molecular complexity index is 290. The first-order chi connectivity index (χ1) is 7.72. The summed E-state index contributed by atoms with van der Waals surface area (Å²) in [6.07, 6.45) is 1.04. The van der Waals surface area contributed by atoms with Gasteiger partial charge in [-0.2, -0.15) is 11.8 Å². The van der Waals surface area contributed by atoms with Crippen molar-refractivity contribution in [2.24, 2.45) is 5.73 Å². The Balaban J connectivity index is 2.09. The highest BCUT2D eigenvalue weighted by atomic mass is 32.2. The van der Waals surface area contributed by atoms with Crippen molar-refractivity contribution in [3.8, 4) is 0 Å². The second-order valence-corrected chi connectivity index (χ2v) is 5.86. The van der Waals surface area contributed by atoms with E-state index < -0.39 is 0 Å². The van der Waals surface area contributed by atoms with Crippen molar-refractivity contribution in [2.75, 3.05) is 17.3 Å². The molecule has 1 aromatic carbocycles. The highest BCUT2D eigenvalue weighted by molar-refractivity contribution is 8.03. The number of benzene rings is 1. The molecule has 0 aromatic heterocycles. The van der Waals surface area contributed by atoms with Crippen molar-refractivity contribution in [3.05, 3.63) is 30.1 Å². The number of thioether (sulfide) groups is 2. The van der Waals surface area contributed by atoms with Gasteiger partial charge in [0.15, 0.2) is 0 Å². The predicted molar refractivity (Wildman–Crippen MR) is 72.7 cm³/mol. The first-order valence-corrected chi connectivity index (χ1v) is 7.58. The zero-order chi connectivity index (χ0) is 11.8. The van der Waals surface area contributed by atoms with Crippen LogP contribution in [0, 0.1) is 5.82 Å². The molecule has 4 heteroatoms. The van der Waals surface area contributed by atoms with Crippen LogP contribution in [0.25, 0.3) is 0 Å². The summed E-state index contributed by atoms with van der Waals surface area (Å²) in [6.45, 7) is 2.11. The van der Waals surface area contributed by atoms with Crippen LogP contribution in [0.5, 0.6) is 0 Å². The van der Waals surface area contributed by atoms with Gasteiger partial charge in [-0.25, -0.2) is 4.39 Å². The minimum Gasteiger partial charge on any atom is -0.327 e. The van der Waals surface area contributed by atoms with Gasteiger partial charge in [-0.05, 0) is 30.7 Å². The molecule has 1 aromatic rings. The van der Waals surface area contributed by atoms with Crippen molar-refractivity contribution in [1.29, 1.82) is 0 Å². The fraction of sp³-hybridized carbons (Fsp3) is 0.500. The van der Waals surface area contributed by atoms with Crippen LogP contribution in [0.3, 0.4) is 0 Å². The molecule has 1 rings (SSSR count). The van der Waals surface area contributed by atoms with Crippen LogP contribution in [-0.2, 0) is 0 Å². The largest absolute Gasteiger partial charge is 0.327 e. The van der Waals surface area contributed by atoms with Crippen molar-refractivity contribution in [2.45, 2.75) is 24.3 Å². The van der Waals surface area contributed by atoms with Gasteiger partial charge in [-0.15, -0.1) is 11.8 Å². The number of halogens is 1. The molecule has 0 bridgehead atoms. The van der Waals surface area contributed by atoms with E-state index in [2.05, 4.69) is 6.92 Å². The van der Waals surface area contributed by atoms with Crippen LogP contribution < -0.4 is 5.73 Å². The minimum atomic E-state index is -0.173. The lowest BCUT2D eigenvalue weighted by Gasteiger charge is -2.07. The van der Waals surface area contributed by atoms with Gasteiger partial charge < -0.3 is 5.73 Å². The van der Waals surface area contributed by atoms with Crippen molar-refractivity contribution in [3.63, 3.8) is 0 Å². The summed E-state index contributed by atoms with van der Waals surface area (Å²) in [5, 5.41) is 0. The Kier molecular flexibility index (Phi) is 6.92. The quantitative estimate of drug-likeness (QED) is 0.600. The van der Waals surface area contributed by atoms with Crippen molar-refractivity contribution < 1.29 is 4.39 Å². The predicted octanol–water partition coefficient (Wildman–Crippen LogP) is 3.39. The molecule has 0 saturated carbocycles. The van der Waals surface area contributed by atoms with E-state index in [-0.39, 0.29) is 5.82 Å². The topological polar surface area (TPSA) is 26.0 Å². The summed E-state index contributed by atoms with van der Waals surface area (Å²) in [7, 11) is 0. The molecule has 0 saturated heterocycles. The molecule has 0 aliphatic rings. The van der Waals surface area contributed by atoms with E-state index in [0.717, 1.165) is 28.6 Å². The average Bonchev–Trinajstić information content (AvgIpc) is 2.31. The standard InChI is InChI=1S/C12H18FNS2/c1-2-11(14)9-15-7-8-16-12-5-3-10(13)4-6-12/h3-6,11H,2,7-9,14H2,1H3. The normalized spacial score (nSPS) is 12.7. The molecule has 0 fully saturated rings. The molecule has 2 N–H and O–H groups in total. The number of hydrogen-bond acceptors (Lipinski definition) is 3. The summed E-state index contributed by atoms with van der Waals surface area (Å²) < 4.78 is 12.6. The highest BCUT2D eigenvalue weighted by Gasteiger charge is 1.99. The highest BCUT2D eigenvalue weighted by Crippen LogP contribution is 2.19. The first-order valence-electron chi connectivity index (χ1n) is 5.44. The number of rotatable bonds is 7. The summed E-state index contributed by atoms with van der Waals surface area (Å²) >= 11 is 3.65. The van der Waals surface area contributed by atoms with Gasteiger partial charge in [-0.3, -0.25) is 0 Å². The minimum absolute atomic E-state index is 0.173. The molecule has 0 spiro atoms. The summed E-state index contributed by atoms with van der Waals surface area (Å²) in [5.74, 6) is 3.00. The average molecular weight is 259 g/mol. The van der Waals surface area contributed by atoms with E-state index >= 15 is 0 Å². The van der Waals surface area contributed by atoms with Crippen LogP contribution in [0.15, 0.2) is 29.2 Å². The molecule has 0 aliphatic carbocycles. The SMILES string of the molecule is CCC(N)CSCCSc1ccc(F)cc1. The van der Waals surface area contributed by atoms with E-state index in [0.29, 0.717) is 6.04 Å². The van der Waals surface area contributed by atoms with E-state index in [1.54, 1.807) is 11.8 Å². The van der Waals surface area contributed by atoms with Gasteiger partial charge in [0.2, 0.25) is 0 Å². The number of hydrogen-bond donors (Lipinski definition) is 1. The zero-order valence-electron chi connectivity index (χ0n) is 9.49. The molecular formula is C12H18FNS2. The molecule has 1 atom stereocenters. The Morgan fingerprint density at radius 1 is 1.25 bits per heavy atom. The molecule has 0 heterocycles. The zero-order valence-corrected chi connectivity index (χ0v) is 11.1. The molecule has 1 nitrogen and oxygen atoms in total. The summed E-state index contributed by atoms with van der Waals surface area (Å²) in [6, 6.07) is 6.97. The molecule has 90 valence electrons. The van der Waals surface area contributed by atoms with Gasteiger partial charge in [-0.1, -0.05) is 6.92 Å². The molecule has 16 heavy (non-hydrogen) atoms.